The van der Waals surface area contributed by atoms with Gasteiger partial charge in [0.15, 0.2) is 0 Å². The fraction of sp³-hybridized carbons (Fsp3) is 0.188. The summed E-state index contributed by atoms with van der Waals surface area (Å²) in [6.45, 7) is 1.38. The number of hydrogen-bond acceptors (Lipinski definition) is 4. The summed E-state index contributed by atoms with van der Waals surface area (Å²) in [5, 5.41) is 6.63. The van der Waals surface area contributed by atoms with Crippen LogP contribution in [0.4, 0.5) is 5.82 Å². The van der Waals surface area contributed by atoms with Crippen molar-refractivity contribution in [1.82, 2.24) is 4.98 Å². The number of nitrogens with zero attached hydrogens (tertiary/aromatic N) is 2. The maximum Gasteiger partial charge on any atom is 0.136 e. The number of rotatable bonds is 4. The van der Waals surface area contributed by atoms with Crippen LogP contribution in [0.25, 0.3) is 10.8 Å². The molecular formula is C16H17N3S. The average molecular weight is 283 g/mol. The zero-order valence-electron chi connectivity index (χ0n) is 11.4. The van der Waals surface area contributed by atoms with Crippen LogP contribution in [0.2, 0.25) is 0 Å². The van der Waals surface area contributed by atoms with Crippen molar-refractivity contribution >= 4 is 27.9 Å². The van der Waals surface area contributed by atoms with Crippen molar-refractivity contribution in [2.45, 2.75) is 13.1 Å². The van der Waals surface area contributed by atoms with E-state index in [1.807, 2.05) is 18.3 Å². The fourth-order valence-corrected chi connectivity index (χ4v) is 3.09. The third kappa shape index (κ3) is 2.40. The summed E-state index contributed by atoms with van der Waals surface area (Å²) in [5.74, 6) is 1.00. The van der Waals surface area contributed by atoms with Crippen molar-refractivity contribution in [3.05, 3.63) is 58.4 Å². The second-order valence-electron chi connectivity index (χ2n) is 4.84. The summed E-state index contributed by atoms with van der Waals surface area (Å²) in [5.41, 5.74) is 8.20. The normalized spacial score (nSPS) is 10.9. The lowest BCUT2D eigenvalue weighted by Gasteiger charge is -2.20. The highest BCUT2D eigenvalue weighted by atomic mass is 32.1. The summed E-state index contributed by atoms with van der Waals surface area (Å²) in [4.78, 5) is 6.79. The molecule has 1 aromatic carbocycles. The molecule has 0 unspecified atom stereocenters. The van der Waals surface area contributed by atoms with Gasteiger partial charge in [0.25, 0.3) is 0 Å². The standard InChI is InChI=1S/C16H17N3S/c1-19(10-12-6-7-20-11-12)16-15-5-3-2-4-14(15)13(8-17)9-18-16/h2-7,9,11H,8,10,17H2,1H3. The van der Waals surface area contributed by atoms with Crippen LogP contribution in [0.15, 0.2) is 47.3 Å². The van der Waals surface area contributed by atoms with Gasteiger partial charge in [-0.1, -0.05) is 24.3 Å². The molecule has 2 aromatic heterocycles. The van der Waals surface area contributed by atoms with Crippen LogP contribution >= 0.6 is 11.3 Å². The lowest BCUT2D eigenvalue weighted by atomic mass is 10.1. The van der Waals surface area contributed by atoms with E-state index in [-0.39, 0.29) is 0 Å². The molecule has 0 aliphatic rings. The van der Waals surface area contributed by atoms with Crippen molar-refractivity contribution in [3.8, 4) is 0 Å². The van der Waals surface area contributed by atoms with Crippen LogP contribution in [0.1, 0.15) is 11.1 Å². The Morgan fingerprint density at radius 3 is 2.70 bits per heavy atom. The second kappa shape index (κ2) is 5.61. The minimum Gasteiger partial charge on any atom is -0.355 e. The van der Waals surface area contributed by atoms with E-state index in [2.05, 4.69) is 45.9 Å². The zero-order valence-corrected chi connectivity index (χ0v) is 12.2. The molecule has 3 nitrogen and oxygen atoms in total. The molecule has 3 aromatic rings. The van der Waals surface area contributed by atoms with Crippen molar-refractivity contribution < 1.29 is 0 Å². The van der Waals surface area contributed by atoms with Crippen LogP contribution in [0, 0.1) is 0 Å². The lowest BCUT2D eigenvalue weighted by Crippen LogP contribution is -2.18. The van der Waals surface area contributed by atoms with E-state index < -0.39 is 0 Å². The first kappa shape index (κ1) is 13.1. The van der Waals surface area contributed by atoms with Gasteiger partial charge in [0.1, 0.15) is 5.82 Å². The molecule has 4 heteroatoms. The highest BCUT2D eigenvalue weighted by Crippen LogP contribution is 2.27. The second-order valence-corrected chi connectivity index (χ2v) is 5.62. The van der Waals surface area contributed by atoms with Crippen molar-refractivity contribution in [2.24, 2.45) is 5.73 Å². The maximum atomic E-state index is 5.80. The third-order valence-electron chi connectivity index (χ3n) is 3.44. The number of hydrogen-bond donors (Lipinski definition) is 1. The number of nitrogens with two attached hydrogens (primary N) is 1. The predicted octanol–water partition coefficient (Wildman–Crippen LogP) is 3.39. The Hall–Kier alpha value is -1.91. The number of fused-ring (bicyclic) bond motifs is 1. The van der Waals surface area contributed by atoms with Crippen LogP contribution in [-0.2, 0) is 13.1 Å². The first-order chi connectivity index (χ1) is 9.79. The molecule has 0 aliphatic heterocycles. The molecular weight excluding hydrogens is 266 g/mol. The molecule has 0 amide bonds. The van der Waals surface area contributed by atoms with Crippen molar-refractivity contribution in [1.29, 1.82) is 0 Å². The largest absolute Gasteiger partial charge is 0.355 e. The molecule has 0 aliphatic carbocycles. The van der Waals surface area contributed by atoms with Crippen LogP contribution in [0.3, 0.4) is 0 Å². The summed E-state index contributed by atoms with van der Waals surface area (Å²) in [6, 6.07) is 10.5. The Kier molecular flexibility index (Phi) is 3.67. The van der Waals surface area contributed by atoms with Gasteiger partial charge in [-0.05, 0) is 33.3 Å². The SMILES string of the molecule is CN(Cc1ccsc1)c1ncc(CN)c2ccccc12. The fourth-order valence-electron chi connectivity index (χ4n) is 2.43. The van der Waals surface area contributed by atoms with Crippen LogP contribution in [0.5, 0.6) is 0 Å². The van der Waals surface area contributed by atoms with Gasteiger partial charge in [-0.25, -0.2) is 4.98 Å². The first-order valence-electron chi connectivity index (χ1n) is 6.58. The van der Waals surface area contributed by atoms with E-state index in [1.54, 1.807) is 11.3 Å². The number of thiophene rings is 1. The summed E-state index contributed by atoms with van der Waals surface area (Å²) < 4.78 is 0. The maximum absolute atomic E-state index is 5.80. The van der Waals surface area contributed by atoms with Gasteiger partial charge in [0.05, 0.1) is 0 Å². The molecule has 0 saturated heterocycles. The number of anilines is 1. The first-order valence-corrected chi connectivity index (χ1v) is 7.53. The van der Waals surface area contributed by atoms with E-state index >= 15 is 0 Å². The van der Waals surface area contributed by atoms with Gasteiger partial charge in [0.2, 0.25) is 0 Å². The van der Waals surface area contributed by atoms with E-state index in [0.717, 1.165) is 23.3 Å². The topological polar surface area (TPSA) is 42.2 Å². The zero-order chi connectivity index (χ0) is 13.9. The highest BCUT2D eigenvalue weighted by molar-refractivity contribution is 7.07. The minimum atomic E-state index is 0.516. The van der Waals surface area contributed by atoms with Gasteiger partial charge in [-0.2, -0.15) is 11.3 Å². The lowest BCUT2D eigenvalue weighted by molar-refractivity contribution is 0.905. The van der Waals surface area contributed by atoms with Gasteiger partial charge in [0, 0.05) is 31.7 Å². The van der Waals surface area contributed by atoms with E-state index in [4.69, 9.17) is 5.73 Å². The Labute approximate surface area is 122 Å². The molecule has 0 saturated carbocycles. The number of pyridine rings is 1. The van der Waals surface area contributed by atoms with Gasteiger partial charge >= 0.3 is 0 Å². The van der Waals surface area contributed by atoms with E-state index in [1.165, 1.54) is 10.9 Å². The molecule has 102 valence electrons. The van der Waals surface area contributed by atoms with Crippen LogP contribution < -0.4 is 10.6 Å². The number of aromatic nitrogens is 1. The summed E-state index contributed by atoms with van der Waals surface area (Å²) in [6.07, 6.45) is 1.89. The molecule has 0 bridgehead atoms. The Balaban J connectivity index is 2.03. The summed E-state index contributed by atoms with van der Waals surface area (Å²) >= 11 is 1.72. The molecule has 0 atom stereocenters. The van der Waals surface area contributed by atoms with Gasteiger partial charge < -0.3 is 10.6 Å². The highest BCUT2D eigenvalue weighted by Gasteiger charge is 2.10. The molecule has 0 radical (unpaired) electrons. The van der Waals surface area contributed by atoms with E-state index in [0.29, 0.717) is 6.54 Å². The quantitative estimate of drug-likeness (QED) is 0.798. The molecule has 0 fully saturated rings. The molecule has 0 spiro atoms. The monoisotopic (exact) mass is 283 g/mol. The third-order valence-corrected chi connectivity index (χ3v) is 4.17. The van der Waals surface area contributed by atoms with Crippen molar-refractivity contribution in [2.75, 3.05) is 11.9 Å². The average Bonchev–Trinajstić information content (AvgIpc) is 2.99. The Morgan fingerprint density at radius 2 is 2.00 bits per heavy atom. The molecule has 2 heterocycles. The Bertz CT molecular complexity index is 707. The van der Waals surface area contributed by atoms with Gasteiger partial charge in [-0.15, -0.1) is 0 Å². The molecule has 2 N–H and O–H groups in total. The Morgan fingerprint density at radius 1 is 1.20 bits per heavy atom. The van der Waals surface area contributed by atoms with Crippen molar-refractivity contribution in [3.63, 3.8) is 0 Å². The molecule has 20 heavy (non-hydrogen) atoms. The predicted molar refractivity (Wildman–Crippen MR) is 86.1 cm³/mol. The smallest absolute Gasteiger partial charge is 0.136 e. The van der Waals surface area contributed by atoms with E-state index in [9.17, 15) is 0 Å². The molecule has 3 rings (SSSR count). The summed E-state index contributed by atoms with van der Waals surface area (Å²) in [7, 11) is 2.08. The minimum absolute atomic E-state index is 0.516. The van der Waals surface area contributed by atoms with Gasteiger partial charge in [-0.3, -0.25) is 0 Å². The number of benzene rings is 1. The van der Waals surface area contributed by atoms with Crippen LogP contribution in [-0.4, -0.2) is 12.0 Å².